The molecule has 2 heteroatoms. The Kier molecular flexibility index (Phi) is 54.3. The third-order valence-electron chi connectivity index (χ3n) is 2.34. The Labute approximate surface area is 191 Å². The molecule has 27 heavy (non-hydrogen) atoms. The predicted octanol–water partition coefficient (Wildman–Crippen LogP) is 7.53. The van der Waals surface area contributed by atoms with Crippen LogP contribution in [-0.2, 0) is 34.1 Å². The summed E-state index contributed by atoms with van der Waals surface area (Å²) in [5.41, 5.74) is 0. The van der Waals surface area contributed by atoms with Gasteiger partial charge < -0.3 is 13.8 Å². The SMILES string of the molecule is C.[C-]1=CC=CC1.[C-]1=CC=CC1.[C-]1=CC=CC1.[C-]1=CC=CC1.[CH2-]C.[CH2-]C.[Fe+3].[Fe+3]. The van der Waals surface area contributed by atoms with Gasteiger partial charge in [-0.2, -0.15) is 38.2 Å². The van der Waals surface area contributed by atoms with E-state index in [0.29, 0.717) is 0 Å². The van der Waals surface area contributed by atoms with Gasteiger partial charge in [-0.25, -0.2) is 48.6 Å². The summed E-state index contributed by atoms with van der Waals surface area (Å²) in [6, 6.07) is 0. The fourth-order valence-corrected chi connectivity index (χ4v) is 1.36. The van der Waals surface area contributed by atoms with Crippen LogP contribution in [0.3, 0.4) is 0 Å². The number of allylic oxidation sites excluding steroid dienone is 16. The van der Waals surface area contributed by atoms with Gasteiger partial charge in [0.2, 0.25) is 0 Å². The summed E-state index contributed by atoms with van der Waals surface area (Å²) in [4.78, 5) is 0. The average Bonchev–Trinajstić information content (AvgIpc) is 3.48. The molecule has 0 aromatic rings. The fraction of sp³-hybridized carbons (Fsp3) is 0.280. The molecule has 0 fully saturated rings. The van der Waals surface area contributed by atoms with Gasteiger partial charge in [-0.3, -0.25) is 24.3 Å². The van der Waals surface area contributed by atoms with Gasteiger partial charge in [-0.15, -0.1) is 25.7 Å². The maximum atomic E-state index is 3.25. The first-order valence-electron chi connectivity index (χ1n) is 8.28. The van der Waals surface area contributed by atoms with Crippen molar-refractivity contribution >= 4 is 0 Å². The van der Waals surface area contributed by atoms with Crippen LogP contribution < -0.4 is 0 Å². The molecule has 0 heterocycles. The molecule has 0 aromatic carbocycles. The Morgan fingerprint density at radius 3 is 0.704 bits per heavy atom. The summed E-state index contributed by atoms with van der Waals surface area (Å²) in [7, 11) is 0. The molecule has 0 unspecified atom stereocenters. The molecule has 0 aromatic heterocycles. The Morgan fingerprint density at radius 2 is 0.667 bits per heavy atom. The summed E-state index contributed by atoms with van der Waals surface area (Å²) in [5.74, 6) is 0. The normalized spacial score (nSPS) is 13.5. The molecular weight excluding hydrogens is 412 g/mol. The topological polar surface area (TPSA) is 0 Å². The summed E-state index contributed by atoms with van der Waals surface area (Å²) < 4.78 is 0. The Morgan fingerprint density at radius 1 is 0.481 bits per heavy atom. The molecular formula is C25H34Fe2. The van der Waals surface area contributed by atoms with Crippen LogP contribution in [0.15, 0.2) is 72.9 Å². The fourth-order valence-electron chi connectivity index (χ4n) is 1.36. The van der Waals surface area contributed by atoms with Crippen LogP contribution in [0.5, 0.6) is 0 Å². The summed E-state index contributed by atoms with van der Waals surface area (Å²) in [6.07, 6.45) is 40.0. The second kappa shape index (κ2) is 39.9. The van der Waals surface area contributed by atoms with Gasteiger partial charge in [0.1, 0.15) is 0 Å². The van der Waals surface area contributed by atoms with Crippen molar-refractivity contribution < 1.29 is 34.1 Å². The zero-order valence-electron chi connectivity index (χ0n) is 15.9. The average molecular weight is 446 g/mol. The van der Waals surface area contributed by atoms with Crippen molar-refractivity contribution in [2.45, 2.75) is 47.0 Å². The van der Waals surface area contributed by atoms with Gasteiger partial charge in [0, 0.05) is 0 Å². The molecule has 0 saturated heterocycles. The number of hydrogen-bond acceptors (Lipinski definition) is 0. The first-order valence-corrected chi connectivity index (χ1v) is 8.28. The van der Waals surface area contributed by atoms with E-state index in [1.807, 2.05) is 48.6 Å². The Balaban J connectivity index is -0.0000000725. The van der Waals surface area contributed by atoms with Crippen molar-refractivity contribution in [1.82, 2.24) is 0 Å². The van der Waals surface area contributed by atoms with Crippen molar-refractivity contribution in [1.29, 1.82) is 0 Å². The zero-order chi connectivity index (χ0) is 18.1. The van der Waals surface area contributed by atoms with Crippen molar-refractivity contribution in [2.75, 3.05) is 0 Å². The summed E-state index contributed by atoms with van der Waals surface area (Å²) in [6.45, 7) is 10.0. The van der Waals surface area contributed by atoms with E-state index in [1.54, 1.807) is 13.8 Å². The van der Waals surface area contributed by atoms with E-state index < -0.39 is 0 Å². The Bertz CT molecular complexity index is 331. The second-order valence-corrected chi connectivity index (χ2v) is 4.01. The smallest absolute Gasteiger partial charge is 0.346 e. The largest absolute Gasteiger partial charge is 3.00 e. The molecule has 0 aliphatic heterocycles. The molecule has 0 bridgehead atoms. The van der Waals surface area contributed by atoms with E-state index in [0.717, 1.165) is 25.7 Å². The van der Waals surface area contributed by atoms with E-state index in [4.69, 9.17) is 0 Å². The molecule has 4 rings (SSSR count). The zero-order valence-corrected chi connectivity index (χ0v) is 18.1. The molecule has 2 radical (unpaired) electrons. The molecule has 0 spiro atoms. The van der Waals surface area contributed by atoms with Gasteiger partial charge in [-0.05, 0) is 0 Å². The van der Waals surface area contributed by atoms with E-state index >= 15 is 0 Å². The van der Waals surface area contributed by atoms with Crippen LogP contribution in [0.4, 0.5) is 0 Å². The summed E-state index contributed by atoms with van der Waals surface area (Å²) in [5, 5.41) is 0. The minimum absolute atomic E-state index is 0. The number of rotatable bonds is 0. The molecule has 0 saturated carbocycles. The van der Waals surface area contributed by atoms with Crippen LogP contribution in [0, 0.1) is 38.2 Å². The standard InChI is InChI=1S/4C5H5.2C2H5.CH4.2Fe/c4*1-2-4-5-3-1;2*1-2;;;/h4*1-3H,4H2;2*1H2,2H3;1H4;;/q6*-1;;2*+3. The molecule has 0 N–H and O–H groups in total. The maximum Gasteiger partial charge on any atom is 3.00 e. The third-order valence-corrected chi connectivity index (χ3v) is 2.34. The quantitative estimate of drug-likeness (QED) is 0.267. The van der Waals surface area contributed by atoms with Crippen LogP contribution in [-0.4, -0.2) is 0 Å². The van der Waals surface area contributed by atoms with E-state index in [2.05, 4.69) is 62.5 Å². The predicted molar refractivity (Wildman–Crippen MR) is 115 cm³/mol. The monoisotopic (exact) mass is 446 g/mol. The first-order chi connectivity index (χ1) is 12.0. The van der Waals surface area contributed by atoms with Crippen molar-refractivity contribution in [3.63, 3.8) is 0 Å². The van der Waals surface area contributed by atoms with Crippen LogP contribution >= 0.6 is 0 Å². The van der Waals surface area contributed by atoms with Crippen LogP contribution in [0.2, 0.25) is 0 Å². The van der Waals surface area contributed by atoms with Crippen LogP contribution in [0.25, 0.3) is 0 Å². The second-order valence-electron chi connectivity index (χ2n) is 4.01. The van der Waals surface area contributed by atoms with Crippen molar-refractivity contribution in [2.24, 2.45) is 0 Å². The first kappa shape index (κ1) is 36.8. The van der Waals surface area contributed by atoms with Crippen LogP contribution in [0.1, 0.15) is 47.0 Å². The van der Waals surface area contributed by atoms with Gasteiger partial charge in [0.25, 0.3) is 0 Å². The Hall–Kier alpha value is -1.04. The minimum atomic E-state index is 0. The van der Waals surface area contributed by atoms with Crippen molar-refractivity contribution in [3.05, 3.63) is 111 Å². The van der Waals surface area contributed by atoms with E-state index in [1.165, 1.54) is 0 Å². The van der Waals surface area contributed by atoms with Crippen molar-refractivity contribution in [3.8, 4) is 0 Å². The van der Waals surface area contributed by atoms with Gasteiger partial charge in [0.05, 0.1) is 0 Å². The molecule has 0 atom stereocenters. The number of hydrogen-bond donors (Lipinski definition) is 0. The van der Waals surface area contributed by atoms with E-state index in [9.17, 15) is 0 Å². The van der Waals surface area contributed by atoms with Gasteiger partial charge in [0.15, 0.2) is 0 Å². The maximum absolute atomic E-state index is 3.25. The molecule has 4 aliphatic carbocycles. The molecule has 4 aliphatic rings. The molecule has 0 amide bonds. The van der Waals surface area contributed by atoms with Gasteiger partial charge >= 0.3 is 34.1 Å². The molecule has 150 valence electrons. The minimum Gasteiger partial charge on any atom is -0.346 e. The van der Waals surface area contributed by atoms with E-state index in [-0.39, 0.29) is 41.6 Å². The van der Waals surface area contributed by atoms with Gasteiger partial charge in [-0.1, -0.05) is 7.43 Å². The molecule has 0 nitrogen and oxygen atoms in total. The summed E-state index contributed by atoms with van der Waals surface area (Å²) >= 11 is 0. The third kappa shape index (κ3) is 36.6.